The van der Waals surface area contributed by atoms with Crippen molar-refractivity contribution in [3.8, 4) is 5.69 Å². The second kappa shape index (κ2) is 6.96. The molecule has 0 radical (unpaired) electrons. The number of hydrogen-bond acceptors (Lipinski definition) is 3. The van der Waals surface area contributed by atoms with Crippen LogP contribution < -0.4 is 5.32 Å². The summed E-state index contributed by atoms with van der Waals surface area (Å²) >= 11 is 0. The van der Waals surface area contributed by atoms with Gasteiger partial charge in [-0.05, 0) is 37.5 Å². The summed E-state index contributed by atoms with van der Waals surface area (Å²) in [5, 5.41) is 12.2. The van der Waals surface area contributed by atoms with Crippen LogP contribution in [0.2, 0.25) is 0 Å². The number of aromatic nitrogens is 2. The van der Waals surface area contributed by atoms with Crippen LogP contribution in [0.25, 0.3) is 5.69 Å². The fraction of sp³-hybridized carbons (Fsp3) is 0.389. The largest absolute Gasteiger partial charge is 0.481 e. The summed E-state index contributed by atoms with van der Waals surface area (Å²) in [7, 11) is 0. The van der Waals surface area contributed by atoms with Crippen LogP contribution in [0.15, 0.2) is 43.0 Å². The van der Waals surface area contributed by atoms with Crippen molar-refractivity contribution in [1.82, 2.24) is 19.8 Å². The summed E-state index contributed by atoms with van der Waals surface area (Å²) in [5.74, 6) is -0.849. The summed E-state index contributed by atoms with van der Waals surface area (Å²) in [6, 6.07) is 7.60. The lowest BCUT2D eigenvalue weighted by Crippen LogP contribution is -2.51. The number of likely N-dealkylation sites (tertiary alicyclic amines) is 1. The van der Waals surface area contributed by atoms with Gasteiger partial charge < -0.3 is 19.9 Å². The number of carbonyl (C=O) groups excluding carboxylic acids is 1. The van der Waals surface area contributed by atoms with E-state index in [1.807, 2.05) is 35.0 Å². The number of piperidine rings is 1. The fourth-order valence-corrected chi connectivity index (χ4v) is 3.12. The van der Waals surface area contributed by atoms with Gasteiger partial charge in [0.25, 0.3) is 0 Å². The molecule has 0 aliphatic carbocycles. The molecular formula is C18H22N4O3. The molecule has 2 aromatic rings. The van der Waals surface area contributed by atoms with Gasteiger partial charge in [0, 0.05) is 37.7 Å². The normalized spacial score (nSPS) is 20.3. The second-order valence-corrected chi connectivity index (χ2v) is 6.69. The molecule has 3 rings (SSSR count). The minimum Gasteiger partial charge on any atom is -0.481 e. The van der Waals surface area contributed by atoms with Crippen molar-refractivity contribution in [3.05, 3.63) is 48.5 Å². The van der Waals surface area contributed by atoms with Crippen molar-refractivity contribution >= 4 is 12.0 Å². The number of carbonyl (C=O) groups is 2. The van der Waals surface area contributed by atoms with Gasteiger partial charge in [-0.1, -0.05) is 12.1 Å². The van der Waals surface area contributed by atoms with Crippen LogP contribution in [-0.2, 0) is 11.3 Å². The minimum atomic E-state index is -0.864. The van der Waals surface area contributed by atoms with E-state index >= 15 is 0 Å². The predicted octanol–water partition coefficient (Wildman–Crippen LogP) is 2.27. The molecule has 1 aliphatic rings. The maximum Gasteiger partial charge on any atom is 0.317 e. The lowest BCUT2D eigenvalue weighted by Gasteiger charge is -2.37. The number of nitrogens with zero attached hydrogens (tertiary/aromatic N) is 3. The van der Waals surface area contributed by atoms with Crippen molar-refractivity contribution in [2.75, 3.05) is 13.1 Å². The molecule has 1 saturated heterocycles. The zero-order chi connectivity index (χ0) is 17.9. The quantitative estimate of drug-likeness (QED) is 0.892. The maximum atomic E-state index is 12.4. The van der Waals surface area contributed by atoms with Crippen molar-refractivity contribution < 1.29 is 14.7 Å². The van der Waals surface area contributed by atoms with Gasteiger partial charge in [0.05, 0.1) is 11.7 Å². The number of hydrogen-bond donors (Lipinski definition) is 2. The highest BCUT2D eigenvalue weighted by Gasteiger charge is 2.39. The van der Waals surface area contributed by atoms with E-state index in [2.05, 4.69) is 10.3 Å². The number of amides is 2. The summed E-state index contributed by atoms with van der Waals surface area (Å²) < 4.78 is 1.90. The third-order valence-corrected chi connectivity index (χ3v) is 4.66. The molecule has 0 saturated carbocycles. The molecule has 132 valence electrons. The number of rotatable bonds is 4. The molecule has 0 bridgehead atoms. The average molecular weight is 342 g/mol. The Labute approximate surface area is 146 Å². The van der Waals surface area contributed by atoms with Crippen LogP contribution in [0, 0.1) is 5.41 Å². The minimum absolute atomic E-state index is 0.222. The van der Waals surface area contributed by atoms with Crippen molar-refractivity contribution in [1.29, 1.82) is 0 Å². The first-order valence-corrected chi connectivity index (χ1v) is 8.31. The number of benzene rings is 1. The monoisotopic (exact) mass is 342 g/mol. The Balaban J connectivity index is 1.61. The van der Waals surface area contributed by atoms with E-state index in [9.17, 15) is 14.7 Å². The number of carboxylic acid groups (broad SMARTS) is 1. The molecule has 1 unspecified atom stereocenters. The standard InChI is InChI=1S/C18H22N4O3/c1-18(16(23)24)6-3-8-21(12-18)17(25)20-11-14-4-2-5-15(10-14)22-9-7-19-13-22/h2,4-5,7,9-10,13H,3,6,8,11-12H2,1H3,(H,20,25)(H,23,24). The topological polar surface area (TPSA) is 87.5 Å². The molecule has 1 fully saturated rings. The highest BCUT2D eigenvalue weighted by atomic mass is 16.4. The van der Waals surface area contributed by atoms with Crippen molar-refractivity contribution in [2.45, 2.75) is 26.3 Å². The Morgan fingerprint density at radius 3 is 2.96 bits per heavy atom. The molecule has 2 N–H and O–H groups in total. The fourth-order valence-electron chi connectivity index (χ4n) is 3.12. The number of imidazole rings is 1. The molecule has 2 heterocycles. The lowest BCUT2D eigenvalue weighted by molar-refractivity contribution is -0.150. The highest BCUT2D eigenvalue weighted by molar-refractivity contribution is 5.78. The second-order valence-electron chi connectivity index (χ2n) is 6.69. The van der Waals surface area contributed by atoms with Gasteiger partial charge in [-0.25, -0.2) is 9.78 Å². The molecule has 25 heavy (non-hydrogen) atoms. The molecule has 7 heteroatoms. The van der Waals surface area contributed by atoms with Crippen LogP contribution >= 0.6 is 0 Å². The molecule has 1 aromatic heterocycles. The number of carboxylic acids is 1. The third-order valence-electron chi connectivity index (χ3n) is 4.66. The van der Waals surface area contributed by atoms with E-state index in [0.717, 1.165) is 11.3 Å². The molecule has 1 aromatic carbocycles. The van der Waals surface area contributed by atoms with E-state index in [1.165, 1.54) is 0 Å². The molecule has 1 aliphatic heterocycles. The van der Waals surface area contributed by atoms with Gasteiger partial charge in [-0.15, -0.1) is 0 Å². The number of nitrogens with one attached hydrogen (secondary N) is 1. The lowest BCUT2D eigenvalue weighted by atomic mass is 9.82. The first kappa shape index (κ1) is 17.0. The van der Waals surface area contributed by atoms with Crippen molar-refractivity contribution in [3.63, 3.8) is 0 Å². The van der Waals surface area contributed by atoms with E-state index in [-0.39, 0.29) is 12.6 Å². The molecule has 2 amide bonds. The molecule has 7 nitrogen and oxygen atoms in total. The number of urea groups is 1. The smallest absolute Gasteiger partial charge is 0.317 e. The highest BCUT2D eigenvalue weighted by Crippen LogP contribution is 2.29. The van der Waals surface area contributed by atoms with Gasteiger partial charge in [0.1, 0.15) is 0 Å². The Morgan fingerprint density at radius 2 is 2.24 bits per heavy atom. The van der Waals surface area contributed by atoms with Gasteiger partial charge >= 0.3 is 12.0 Å². The summed E-state index contributed by atoms with van der Waals surface area (Å²) in [4.78, 5) is 29.4. The van der Waals surface area contributed by atoms with Gasteiger partial charge in [-0.2, -0.15) is 0 Å². The van der Waals surface area contributed by atoms with E-state index < -0.39 is 11.4 Å². The zero-order valence-electron chi connectivity index (χ0n) is 14.2. The number of aliphatic carboxylic acids is 1. The Morgan fingerprint density at radius 1 is 1.40 bits per heavy atom. The SMILES string of the molecule is CC1(C(=O)O)CCCN(C(=O)NCc2cccc(-n3ccnc3)c2)C1. The first-order valence-electron chi connectivity index (χ1n) is 8.31. The molecule has 1 atom stereocenters. The van der Waals surface area contributed by atoms with Crippen LogP contribution in [0.1, 0.15) is 25.3 Å². The van der Waals surface area contributed by atoms with Gasteiger partial charge in [0.2, 0.25) is 0 Å². The third kappa shape index (κ3) is 3.81. The summed E-state index contributed by atoms with van der Waals surface area (Å²) in [6.45, 7) is 2.91. The summed E-state index contributed by atoms with van der Waals surface area (Å²) in [5.41, 5.74) is 1.08. The van der Waals surface area contributed by atoms with Gasteiger partial charge in [0.15, 0.2) is 0 Å². The Kier molecular flexibility index (Phi) is 4.74. The maximum absolute atomic E-state index is 12.4. The Hall–Kier alpha value is -2.83. The van der Waals surface area contributed by atoms with Crippen LogP contribution in [-0.4, -0.2) is 44.6 Å². The zero-order valence-corrected chi connectivity index (χ0v) is 14.2. The van der Waals surface area contributed by atoms with E-state index in [0.29, 0.717) is 25.9 Å². The summed E-state index contributed by atoms with van der Waals surface area (Å²) in [6.07, 6.45) is 6.59. The van der Waals surface area contributed by atoms with E-state index in [1.54, 1.807) is 24.3 Å². The van der Waals surface area contributed by atoms with Crippen LogP contribution in [0.4, 0.5) is 4.79 Å². The van der Waals surface area contributed by atoms with Crippen LogP contribution in [0.5, 0.6) is 0 Å². The first-order chi connectivity index (χ1) is 12.0. The van der Waals surface area contributed by atoms with Crippen LogP contribution in [0.3, 0.4) is 0 Å². The van der Waals surface area contributed by atoms with Crippen molar-refractivity contribution in [2.24, 2.45) is 5.41 Å². The predicted molar refractivity (Wildman–Crippen MR) is 92.3 cm³/mol. The van der Waals surface area contributed by atoms with E-state index in [4.69, 9.17) is 0 Å². The Bertz CT molecular complexity index is 759. The average Bonchev–Trinajstić information content (AvgIpc) is 3.14. The van der Waals surface area contributed by atoms with Gasteiger partial charge in [-0.3, -0.25) is 4.79 Å². The molecular weight excluding hydrogens is 320 g/mol. The molecule has 0 spiro atoms.